The molecule has 0 fully saturated rings. The average molecular weight is 603 g/mol. The minimum atomic E-state index is -0.556. The Kier molecular flexibility index (Phi) is 8.50. The Labute approximate surface area is 257 Å². The Morgan fingerprint density at radius 3 is 1.73 bits per heavy atom. The van der Waals surface area contributed by atoms with E-state index in [0.29, 0.717) is 45.7 Å². The third-order valence-electron chi connectivity index (χ3n) is 6.96. The van der Waals surface area contributed by atoms with Crippen molar-refractivity contribution in [2.75, 3.05) is 16.0 Å². The predicted octanol–water partition coefficient (Wildman–Crippen LogP) is 4.80. The molecule has 0 atom stereocenters. The van der Waals surface area contributed by atoms with Gasteiger partial charge in [0.15, 0.2) is 11.6 Å². The Balaban J connectivity index is 1.42. The number of aromatic nitrogens is 5. The average Bonchev–Trinajstić information content (AvgIpc) is 3.63. The van der Waals surface area contributed by atoms with Crippen LogP contribution in [0.25, 0.3) is 0 Å². The van der Waals surface area contributed by atoms with E-state index in [1.54, 1.807) is 89.4 Å². The van der Waals surface area contributed by atoms with Gasteiger partial charge < -0.3 is 34.2 Å². The first-order valence-corrected chi connectivity index (χ1v) is 14.3. The summed E-state index contributed by atoms with van der Waals surface area (Å²) in [6.07, 6.45) is 6.94. The van der Waals surface area contributed by atoms with Crippen LogP contribution in [0.4, 0.5) is 17.2 Å². The summed E-state index contributed by atoms with van der Waals surface area (Å²) >= 11 is 0. The number of aryl methyl sites for hydroxylation is 4. The molecule has 4 heterocycles. The molecular formula is C32H42N8O4. The summed E-state index contributed by atoms with van der Waals surface area (Å²) in [5.74, 6) is -0.0180. The van der Waals surface area contributed by atoms with Crippen LogP contribution >= 0.6 is 0 Å². The molecule has 0 aliphatic carbocycles. The Morgan fingerprint density at radius 1 is 0.682 bits per heavy atom. The van der Waals surface area contributed by atoms with Crippen LogP contribution < -0.4 is 16.0 Å². The lowest BCUT2D eigenvalue weighted by molar-refractivity contribution is 0.0848. The molecule has 2 amide bonds. The number of rotatable bonds is 9. The highest BCUT2D eigenvalue weighted by Gasteiger charge is 2.26. The van der Waals surface area contributed by atoms with Gasteiger partial charge in [0.1, 0.15) is 17.2 Å². The van der Waals surface area contributed by atoms with Crippen molar-refractivity contribution in [1.29, 1.82) is 0 Å². The second-order valence-electron chi connectivity index (χ2n) is 13.3. The lowest BCUT2D eigenvalue weighted by atomic mass is 9.89. The molecule has 0 spiro atoms. The standard InChI is InChI=1S/C32H42N8O4/c1-31(2,3)27(42)22-13-20(16-38(22)8)33-30(44)24-14-21(17-39(24)9)34-29(43)23-11-19(15-37(23)7)12-25(41)28-35-26(18-40(28)10)36-32(4,5)6/h11,13-18,36H,12H2,1-10H3,(H,33,44)(H,34,43). The number of anilines is 3. The lowest BCUT2D eigenvalue weighted by Crippen LogP contribution is -2.26. The van der Waals surface area contributed by atoms with E-state index in [9.17, 15) is 19.2 Å². The third kappa shape index (κ3) is 7.19. The first-order valence-electron chi connectivity index (χ1n) is 14.3. The summed E-state index contributed by atoms with van der Waals surface area (Å²) in [5, 5.41) is 8.94. The molecule has 0 unspecified atom stereocenters. The number of nitrogens with zero attached hydrogens (tertiary/aromatic N) is 5. The van der Waals surface area contributed by atoms with Crippen LogP contribution in [0.3, 0.4) is 0 Å². The molecule has 0 bridgehead atoms. The second-order valence-corrected chi connectivity index (χ2v) is 13.3. The van der Waals surface area contributed by atoms with Crippen LogP contribution in [-0.4, -0.2) is 52.2 Å². The predicted molar refractivity (Wildman–Crippen MR) is 171 cm³/mol. The van der Waals surface area contributed by atoms with Crippen LogP contribution in [0.1, 0.15) is 89.2 Å². The van der Waals surface area contributed by atoms with Gasteiger partial charge in [0.25, 0.3) is 11.8 Å². The molecule has 0 aromatic carbocycles. The zero-order valence-electron chi connectivity index (χ0n) is 27.1. The number of hydrogen-bond donors (Lipinski definition) is 3. The Morgan fingerprint density at radius 2 is 1.18 bits per heavy atom. The summed E-state index contributed by atoms with van der Waals surface area (Å²) in [5.41, 5.74) is 2.04. The van der Waals surface area contributed by atoms with Gasteiger partial charge in [-0.05, 0) is 44.5 Å². The quantitative estimate of drug-likeness (QED) is 0.235. The maximum absolute atomic E-state index is 13.2. The smallest absolute Gasteiger partial charge is 0.272 e. The van der Waals surface area contributed by atoms with Crippen molar-refractivity contribution >= 4 is 40.6 Å². The van der Waals surface area contributed by atoms with Gasteiger partial charge in [0, 0.05) is 70.4 Å². The van der Waals surface area contributed by atoms with Gasteiger partial charge in [0.05, 0.1) is 17.1 Å². The van der Waals surface area contributed by atoms with Crippen molar-refractivity contribution in [2.24, 2.45) is 33.6 Å². The van der Waals surface area contributed by atoms with E-state index < -0.39 is 5.41 Å². The van der Waals surface area contributed by atoms with Gasteiger partial charge >= 0.3 is 0 Å². The van der Waals surface area contributed by atoms with Crippen molar-refractivity contribution < 1.29 is 19.2 Å². The monoisotopic (exact) mass is 602 g/mol. The minimum absolute atomic E-state index is 0.0308. The molecule has 12 heteroatoms. The number of Topliss-reactive ketones (excluding diaryl/α,β-unsaturated/α-hetero) is 2. The fourth-order valence-corrected chi connectivity index (χ4v) is 4.88. The molecule has 234 valence electrons. The van der Waals surface area contributed by atoms with E-state index in [0.717, 1.165) is 0 Å². The first-order chi connectivity index (χ1) is 20.3. The van der Waals surface area contributed by atoms with Crippen LogP contribution in [0.5, 0.6) is 0 Å². The maximum atomic E-state index is 13.2. The number of carbonyl (C=O) groups excluding carboxylic acids is 4. The number of carbonyl (C=O) groups is 4. The first kappa shape index (κ1) is 32.1. The fourth-order valence-electron chi connectivity index (χ4n) is 4.88. The number of hydrogen-bond acceptors (Lipinski definition) is 6. The number of ketones is 2. The van der Waals surface area contributed by atoms with Crippen molar-refractivity contribution in [3.05, 3.63) is 71.5 Å². The van der Waals surface area contributed by atoms with Crippen molar-refractivity contribution in [1.82, 2.24) is 23.3 Å². The molecule has 0 saturated carbocycles. The van der Waals surface area contributed by atoms with E-state index in [4.69, 9.17) is 0 Å². The highest BCUT2D eigenvalue weighted by Crippen LogP contribution is 2.25. The molecule has 4 rings (SSSR count). The zero-order chi connectivity index (χ0) is 32.7. The summed E-state index contributed by atoms with van der Waals surface area (Å²) in [6, 6.07) is 4.91. The molecule has 0 saturated heterocycles. The largest absolute Gasteiger partial charge is 0.364 e. The lowest BCUT2D eigenvalue weighted by Gasteiger charge is -2.19. The number of amides is 2. The highest BCUT2D eigenvalue weighted by molar-refractivity contribution is 6.07. The molecule has 0 aliphatic rings. The summed E-state index contributed by atoms with van der Waals surface area (Å²) in [7, 11) is 6.97. The molecule has 3 N–H and O–H groups in total. The normalized spacial score (nSPS) is 11.9. The SMILES string of the molecule is Cn1cc(CC(=O)c2nc(NC(C)(C)C)cn2C)cc1C(=O)Nc1cc(C(=O)Nc2cc(C(=O)C(C)(C)C)n(C)c2)n(C)c1. The molecule has 44 heavy (non-hydrogen) atoms. The summed E-state index contributed by atoms with van der Waals surface area (Å²) < 4.78 is 6.66. The van der Waals surface area contributed by atoms with Crippen LogP contribution in [0.15, 0.2) is 43.0 Å². The van der Waals surface area contributed by atoms with Gasteiger partial charge in [0.2, 0.25) is 5.78 Å². The highest BCUT2D eigenvalue weighted by atomic mass is 16.2. The van der Waals surface area contributed by atoms with Crippen molar-refractivity contribution in [2.45, 2.75) is 53.5 Å². The molecule has 4 aromatic rings. The van der Waals surface area contributed by atoms with Gasteiger partial charge in [-0.1, -0.05) is 20.8 Å². The van der Waals surface area contributed by atoms with Crippen LogP contribution in [0.2, 0.25) is 0 Å². The molecule has 0 aliphatic heterocycles. The van der Waals surface area contributed by atoms with Gasteiger partial charge in [-0.25, -0.2) is 4.98 Å². The van der Waals surface area contributed by atoms with E-state index in [2.05, 4.69) is 20.9 Å². The van der Waals surface area contributed by atoms with Crippen LogP contribution in [0, 0.1) is 5.41 Å². The maximum Gasteiger partial charge on any atom is 0.272 e. The van der Waals surface area contributed by atoms with E-state index in [1.165, 1.54) is 0 Å². The van der Waals surface area contributed by atoms with Gasteiger partial charge in [-0.15, -0.1) is 0 Å². The molecule has 12 nitrogen and oxygen atoms in total. The Hall–Kier alpha value is -4.87. The number of imidazole rings is 1. The molecular weight excluding hydrogens is 560 g/mol. The Bertz CT molecular complexity index is 1750. The topological polar surface area (TPSA) is 137 Å². The summed E-state index contributed by atoms with van der Waals surface area (Å²) in [6.45, 7) is 11.6. The molecule has 0 radical (unpaired) electrons. The van der Waals surface area contributed by atoms with Crippen LogP contribution in [-0.2, 0) is 34.6 Å². The summed E-state index contributed by atoms with van der Waals surface area (Å²) in [4.78, 5) is 56.5. The van der Waals surface area contributed by atoms with Crippen molar-refractivity contribution in [3.8, 4) is 0 Å². The van der Waals surface area contributed by atoms with E-state index >= 15 is 0 Å². The zero-order valence-corrected chi connectivity index (χ0v) is 27.1. The van der Waals surface area contributed by atoms with E-state index in [1.807, 2.05) is 41.5 Å². The van der Waals surface area contributed by atoms with Gasteiger partial charge in [-0.3, -0.25) is 19.2 Å². The number of nitrogens with one attached hydrogen (secondary N) is 3. The minimum Gasteiger partial charge on any atom is -0.364 e. The molecule has 4 aromatic heterocycles. The van der Waals surface area contributed by atoms with Gasteiger partial charge in [-0.2, -0.15) is 0 Å². The third-order valence-corrected chi connectivity index (χ3v) is 6.96. The second kappa shape index (κ2) is 11.7. The fraction of sp³-hybridized carbons (Fsp3) is 0.406. The van der Waals surface area contributed by atoms with E-state index in [-0.39, 0.29) is 35.3 Å². The van der Waals surface area contributed by atoms with Crippen molar-refractivity contribution in [3.63, 3.8) is 0 Å².